The van der Waals surface area contributed by atoms with E-state index in [-0.39, 0.29) is 0 Å². The quantitative estimate of drug-likeness (QED) is 0.863. The molecule has 94 valence electrons. The van der Waals surface area contributed by atoms with Crippen LogP contribution in [0.1, 0.15) is 37.4 Å². The van der Waals surface area contributed by atoms with Gasteiger partial charge >= 0.3 is 0 Å². The van der Waals surface area contributed by atoms with Crippen LogP contribution in [0, 0.1) is 12.8 Å². The molecule has 0 radical (unpaired) electrons. The van der Waals surface area contributed by atoms with Crippen LogP contribution < -0.4 is 5.32 Å². The Bertz CT molecular complexity index is 346. The maximum Gasteiger partial charge on any atom is 0.0588 e. The largest absolute Gasteiger partial charge is 0.378 e. The van der Waals surface area contributed by atoms with Crippen LogP contribution in [0.5, 0.6) is 0 Å². The lowest BCUT2D eigenvalue weighted by Crippen LogP contribution is -2.29. The summed E-state index contributed by atoms with van der Waals surface area (Å²) in [6.45, 7) is 8.50. The minimum Gasteiger partial charge on any atom is -0.378 e. The van der Waals surface area contributed by atoms with E-state index < -0.39 is 0 Å². The molecule has 1 aromatic rings. The summed E-state index contributed by atoms with van der Waals surface area (Å²) in [4.78, 5) is 0. The van der Waals surface area contributed by atoms with Crippen LogP contribution >= 0.6 is 0 Å². The van der Waals surface area contributed by atoms with Gasteiger partial charge in [-0.05, 0) is 38.7 Å². The van der Waals surface area contributed by atoms with Crippen LogP contribution in [-0.4, -0.2) is 19.3 Å². The van der Waals surface area contributed by atoms with Gasteiger partial charge in [0.2, 0.25) is 0 Å². The molecule has 2 rings (SSSR count). The van der Waals surface area contributed by atoms with Crippen LogP contribution in [0.4, 0.5) is 0 Å². The third kappa shape index (κ3) is 3.30. The van der Waals surface area contributed by atoms with E-state index in [2.05, 4.69) is 50.4 Å². The SMILES string of the molecule is Cc1ccc(C(C)NCC2CCOC2C)cc1. The number of hydrogen-bond donors (Lipinski definition) is 1. The monoisotopic (exact) mass is 233 g/mol. The summed E-state index contributed by atoms with van der Waals surface area (Å²) in [5, 5.41) is 3.61. The fourth-order valence-corrected chi connectivity index (χ4v) is 2.35. The van der Waals surface area contributed by atoms with Gasteiger partial charge in [0, 0.05) is 19.2 Å². The molecule has 0 bridgehead atoms. The first-order valence-corrected chi connectivity index (χ1v) is 6.58. The Hall–Kier alpha value is -0.860. The molecule has 2 nitrogen and oxygen atoms in total. The van der Waals surface area contributed by atoms with Crippen molar-refractivity contribution >= 4 is 0 Å². The van der Waals surface area contributed by atoms with Crippen LogP contribution in [0.15, 0.2) is 24.3 Å². The molecule has 0 spiro atoms. The van der Waals surface area contributed by atoms with E-state index >= 15 is 0 Å². The Morgan fingerprint density at radius 3 is 2.65 bits per heavy atom. The highest BCUT2D eigenvalue weighted by Gasteiger charge is 2.24. The van der Waals surface area contributed by atoms with Crippen molar-refractivity contribution in [2.75, 3.05) is 13.2 Å². The molecule has 0 aliphatic carbocycles. The van der Waals surface area contributed by atoms with Crippen molar-refractivity contribution < 1.29 is 4.74 Å². The van der Waals surface area contributed by atoms with E-state index in [1.165, 1.54) is 17.5 Å². The van der Waals surface area contributed by atoms with Crippen molar-refractivity contribution in [1.82, 2.24) is 5.32 Å². The van der Waals surface area contributed by atoms with Gasteiger partial charge < -0.3 is 10.1 Å². The summed E-state index contributed by atoms with van der Waals surface area (Å²) in [5.74, 6) is 0.669. The maximum absolute atomic E-state index is 5.58. The third-order valence-corrected chi connectivity index (χ3v) is 3.80. The summed E-state index contributed by atoms with van der Waals surface area (Å²) in [6.07, 6.45) is 1.60. The molecule has 0 aromatic heterocycles. The second kappa shape index (κ2) is 5.65. The average Bonchev–Trinajstić information content (AvgIpc) is 2.73. The molecular formula is C15H23NO. The lowest BCUT2D eigenvalue weighted by Gasteiger charge is -2.19. The Kier molecular flexibility index (Phi) is 4.19. The predicted octanol–water partition coefficient (Wildman–Crippen LogP) is 3.07. The number of benzene rings is 1. The smallest absolute Gasteiger partial charge is 0.0588 e. The van der Waals surface area contributed by atoms with Gasteiger partial charge in [0.1, 0.15) is 0 Å². The third-order valence-electron chi connectivity index (χ3n) is 3.80. The topological polar surface area (TPSA) is 21.3 Å². The van der Waals surface area contributed by atoms with Gasteiger partial charge in [-0.2, -0.15) is 0 Å². The lowest BCUT2D eigenvalue weighted by molar-refractivity contribution is 0.105. The average molecular weight is 233 g/mol. The number of ether oxygens (including phenoxy) is 1. The van der Waals surface area contributed by atoms with Gasteiger partial charge in [-0.3, -0.25) is 0 Å². The zero-order valence-electron chi connectivity index (χ0n) is 11.1. The fourth-order valence-electron chi connectivity index (χ4n) is 2.35. The van der Waals surface area contributed by atoms with Crippen LogP contribution in [0.25, 0.3) is 0 Å². The minimum atomic E-state index is 0.410. The zero-order chi connectivity index (χ0) is 12.3. The highest BCUT2D eigenvalue weighted by Crippen LogP contribution is 2.21. The summed E-state index contributed by atoms with van der Waals surface area (Å²) >= 11 is 0. The van der Waals surface area contributed by atoms with E-state index in [1.807, 2.05) is 0 Å². The van der Waals surface area contributed by atoms with Crippen molar-refractivity contribution in [2.24, 2.45) is 5.92 Å². The second-order valence-corrected chi connectivity index (χ2v) is 5.17. The van der Waals surface area contributed by atoms with Gasteiger partial charge in [0.05, 0.1) is 6.10 Å². The lowest BCUT2D eigenvalue weighted by atomic mass is 10.0. The number of rotatable bonds is 4. The molecule has 1 fully saturated rings. The molecular weight excluding hydrogens is 210 g/mol. The van der Waals surface area contributed by atoms with Gasteiger partial charge in [-0.1, -0.05) is 29.8 Å². The van der Waals surface area contributed by atoms with E-state index in [0.717, 1.165) is 13.2 Å². The molecule has 3 unspecified atom stereocenters. The maximum atomic E-state index is 5.58. The molecule has 0 amide bonds. The Morgan fingerprint density at radius 1 is 1.35 bits per heavy atom. The van der Waals surface area contributed by atoms with Gasteiger partial charge in [0.15, 0.2) is 0 Å². The minimum absolute atomic E-state index is 0.410. The second-order valence-electron chi connectivity index (χ2n) is 5.17. The first-order chi connectivity index (χ1) is 8.16. The highest BCUT2D eigenvalue weighted by molar-refractivity contribution is 5.23. The zero-order valence-corrected chi connectivity index (χ0v) is 11.1. The molecule has 3 atom stereocenters. The Labute approximate surface area is 104 Å². The van der Waals surface area contributed by atoms with Crippen LogP contribution in [0.2, 0.25) is 0 Å². The number of nitrogens with one attached hydrogen (secondary N) is 1. The molecule has 1 aromatic carbocycles. The molecule has 2 heteroatoms. The van der Waals surface area contributed by atoms with Crippen molar-refractivity contribution in [3.8, 4) is 0 Å². The first kappa shape index (κ1) is 12.6. The summed E-state index contributed by atoms with van der Waals surface area (Å²) in [5.41, 5.74) is 2.68. The number of hydrogen-bond acceptors (Lipinski definition) is 2. The standard InChI is InChI=1S/C15H23NO/c1-11-4-6-14(7-5-11)12(2)16-10-15-8-9-17-13(15)3/h4-7,12-13,15-16H,8-10H2,1-3H3. The van der Waals surface area contributed by atoms with Crippen molar-refractivity contribution in [3.63, 3.8) is 0 Å². The van der Waals surface area contributed by atoms with E-state index in [0.29, 0.717) is 18.1 Å². The van der Waals surface area contributed by atoms with Gasteiger partial charge in [0.25, 0.3) is 0 Å². The molecule has 1 aliphatic rings. The van der Waals surface area contributed by atoms with Crippen LogP contribution in [0.3, 0.4) is 0 Å². The molecule has 1 N–H and O–H groups in total. The Morgan fingerprint density at radius 2 is 2.06 bits per heavy atom. The normalized spacial score (nSPS) is 26.1. The van der Waals surface area contributed by atoms with Gasteiger partial charge in [-0.15, -0.1) is 0 Å². The molecule has 1 heterocycles. The van der Waals surface area contributed by atoms with Gasteiger partial charge in [-0.25, -0.2) is 0 Å². The number of aryl methyl sites for hydroxylation is 1. The summed E-state index contributed by atoms with van der Waals surface area (Å²) in [6, 6.07) is 9.19. The predicted molar refractivity (Wildman–Crippen MR) is 71.1 cm³/mol. The Balaban J connectivity index is 1.84. The molecule has 1 aliphatic heterocycles. The van der Waals surface area contributed by atoms with Crippen molar-refractivity contribution in [2.45, 2.75) is 39.3 Å². The van der Waals surface area contributed by atoms with E-state index in [4.69, 9.17) is 4.74 Å². The van der Waals surface area contributed by atoms with Crippen molar-refractivity contribution in [3.05, 3.63) is 35.4 Å². The fraction of sp³-hybridized carbons (Fsp3) is 0.600. The van der Waals surface area contributed by atoms with E-state index in [1.54, 1.807) is 0 Å². The molecule has 0 saturated carbocycles. The molecule has 17 heavy (non-hydrogen) atoms. The highest BCUT2D eigenvalue weighted by atomic mass is 16.5. The van der Waals surface area contributed by atoms with Crippen molar-refractivity contribution in [1.29, 1.82) is 0 Å². The first-order valence-electron chi connectivity index (χ1n) is 6.58. The van der Waals surface area contributed by atoms with E-state index in [9.17, 15) is 0 Å². The summed E-state index contributed by atoms with van der Waals surface area (Å²) < 4.78 is 5.58. The van der Waals surface area contributed by atoms with Crippen LogP contribution in [-0.2, 0) is 4.74 Å². The molecule has 1 saturated heterocycles. The summed E-state index contributed by atoms with van der Waals surface area (Å²) in [7, 11) is 0.